The van der Waals surface area contributed by atoms with Crippen LogP contribution in [0.1, 0.15) is 53.4 Å². The predicted molar refractivity (Wildman–Crippen MR) is 122 cm³/mol. The Kier molecular flexibility index (Phi) is 5.54. The number of aliphatic hydroxyl groups excluding tert-OH is 1. The molecule has 196 valence electrons. The molecule has 2 heterocycles. The van der Waals surface area contributed by atoms with Crippen LogP contribution in [0.4, 0.5) is 0 Å². The molecule has 36 heavy (non-hydrogen) atoms. The van der Waals surface area contributed by atoms with Crippen LogP contribution < -0.4 is 5.32 Å². The van der Waals surface area contributed by atoms with Crippen LogP contribution >= 0.6 is 0 Å². The van der Waals surface area contributed by atoms with Crippen molar-refractivity contribution in [2.24, 2.45) is 34.0 Å². The first kappa shape index (κ1) is 25.1. The molecule has 5 aliphatic rings. The maximum Gasteiger partial charge on any atom is 0.315 e. The Bertz CT molecular complexity index is 1110. The molecule has 0 aromatic heterocycles. The molecule has 3 fully saturated rings. The smallest absolute Gasteiger partial charge is 0.315 e. The fourth-order valence-corrected chi connectivity index (χ4v) is 7.65. The van der Waals surface area contributed by atoms with Crippen molar-refractivity contribution in [2.45, 2.75) is 71.8 Å². The molecule has 10 heteroatoms. The molecule has 1 spiro atoms. The number of aliphatic hydroxyl groups is 1. The number of amides is 1. The highest BCUT2D eigenvalue weighted by molar-refractivity contribution is 6.22. The van der Waals surface area contributed by atoms with Crippen molar-refractivity contribution < 1.29 is 43.3 Å². The van der Waals surface area contributed by atoms with Crippen LogP contribution in [-0.4, -0.2) is 66.7 Å². The van der Waals surface area contributed by atoms with Gasteiger partial charge in [-0.05, 0) is 18.4 Å². The van der Waals surface area contributed by atoms with Gasteiger partial charge in [0, 0.05) is 36.9 Å². The summed E-state index contributed by atoms with van der Waals surface area (Å²) in [4.78, 5) is 67.4. The van der Waals surface area contributed by atoms with Crippen LogP contribution in [0.25, 0.3) is 0 Å². The number of carbonyl (C=O) groups is 5. The lowest BCUT2D eigenvalue weighted by atomic mass is 9.53. The van der Waals surface area contributed by atoms with E-state index in [1.54, 1.807) is 20.8 Å². The average molecular weight is 504 g/mol. The van der Waals surface area contributed by atoms with E-state index < -0.39 is 76.1 Å². The van der Waals surface area contributed by atoms with Gasteiger partial charge in [-0.2, -0.15) is 0 Å². The number of ether oxygens (including phenoxy) is 3. The van der Waals surface area contributed by atoms with Gasteiger partial charge in [0.15, 0.2) is 5.78 Å². The van der Waals surface area contributed by atoms with E-state index in [1.165, 1.54) is 7.11 Å². The summed E-state index contributed by atoms with van der Waals surface area (Å²) in [6, 6.07) is 0. The summed E-state index contributed by atoms with van der Waals surface area (Å²) < 4.78 is 17.1. The number of nitrogens with one attached hydrogen (secondary N) is 1. The van der Waals surface area contributed by atoms with E-state index in [9.17, 15) is 29.1 Å². The van der Waals surface area contributed by atoms with Gasteiger partial charge >= 0.3 is 11.9 Å². The summed E-state index contributed by atoms with van der Waals surface area (Å²) in [6.07, 6.45) is -2.26. The number of cyclic esters (lactones) is 1. The fraction of sp³-hybridized carbons (Fsp3) is 0.731. The topological polar surface area (TPSA) is 145 Å². The highest BCUT2D eigenvalue weighted by atomic mass is 16.6. The largest absolute Gasteiger partial charge is 0.459 e. The summed E-state index contributed by atoms with van der Waals surface area (Å²) in [7, 11) is 1.42. The van der Waals surface area contributed by atoms with Gasteiger partial charge in [0.1, 0.15) is 35.6 Å². The molecule has 2 saturated heterocycles. The van der Waals surface area contributed by atoms with Crippen molar-refractivity contribution in [3.63, 3.8) is 0 Å². The van der Waals surface area contributed by atoms with Crippen LogP contribution in [0, 0.1) is 34.0 Å². The second kappa shape index (κ2) is 7.95. The quantitative estimate of drug-likeness (QED) is 0.412. The molecular formula is C26H33NO9. The molecule has 9 atom stereocenters. The van der Waals surface area contributed by atoms with Crippen molar-refractivity contribution in [1.82, 2.24) is 5.32 Å². The van der Waals surface area contributed by atoms with Crippen LogP contribution in [0.2, 0.25) is 0 Å². The van der Waals surface area contributed by atoms with Crippen molar-refractivity contribution in [1.29, 1.82) is 0 Å². The lowest BCUT2D eigenvalue weighted by molar-refractivity contribution is -0.205. The number of hydrogen-bond donors (Lipinski definition) is 2. The van der Waals surface area contributed by atoms with Gasteiger partial charge in [0.25, 0.3) is 0 Å². The van der Waals surface area contributed by atoms with Gasteiger partial charge in [-0.25, -0.2) is 0 Å². The molecule has 1 amide bonds. The molecule has 0 radical (unpaired) electrons. The number of carbonyl (C=O) groups excluding carboxylic acids is 5. The van der Waals surface area contributed by atoms with Gasteiger partial charge in [0.2, 0.25) is 5.91 Å². The number of rotatable bonds is 5. The highest BCUT2D eigenvalue weighted by Crippen LogP contribution is 2.70. The van der Waals surface area contributed by atoms with Crippen LogP contribution in [-0.2, 0) is 38.2 Å². The first-order chi connectivity index (χ1) is 16.9. The first-order valence-corrected chi connectivity index (χ1v) is 12.6. The van der Waals surface area contributed by atoms with Gasteiger partial charge in [0.05, 0.1) is 17.9 Å². The molecule has 1 saturated carbocycles. The Morgan fingerprint density at radius 2 is 1.94 bits per heavy atom. The van der Waals surface area contributed by atoms with Crippen LogP contribution in [0.15, 0.2) is 11.1 Å². The third-order valence-corrected chi connectivity index (χ3v) is 9.78. The van der Waals surface area contributed by atoms with Gasteiger partial charge in [-0.1, -0.05) is 27.7 Å². The summed E-state index contributed by atoms with van der Waals surface area (Å²) >= 11 is 0. The van der Waals surface area contributed by atoms with Crippen molar-refractivity contribution in [3.8, 4) is 0 Å². The number of Topliss-reactive ketones (excluding diaryl/α,β-unsaturated/α-hetero) is 2. The Labute approximate surface area is 209 Å². The number of ketones is 2. The molecule has 2 aliphatic heterocycles. The SMILES string of the molecule is CC[C@H](C)C(=O)O[C@@H]1C[C@]2(C)C(=O)CC[C@H]2C2=C1[C@@]1(C)[C@@H](COC)OC(=O)[C@@H]3[C@H](O)NC(=O)[C@@]31C2=O. The maximum absolute atomic E-state index is 14.5. The maximum atomic E-state index is 14.5. The van der Waals surface area contributed by atoms with E-state index in [0.29, 0.717) is 18.4 Å². The second-order valence-electron chi connectivity index (χ2n) is 11.3. The zero-order chi connectivity index (χ0) is 26.4. The molecule has 10 nitrogen and oxygen atoms in total. The first-order valence-electron chi connectivity index (χ1n) is 12.6. The lowest BCUT2D eigenvalue weighted by Gasteiger charge is -2.52. The molecule has 0 unspecified atom stereocenters. The molecule has 3 aliphatic carbocycles. The minimum absolute atomic E-state index is 0.0257. The fourth-order valence-electron chi connectivity index (χ4n) is 7.65. The third kappa shape index (κ3) is 2.72. The third-order valence-electron chi connectivity index (χ3n) is 9.78. The van der Waals surface area contributed by atoms with Crippen molar-refractivity contribution in [3.05, 3.63) is 11.1 Å². The van der Waals surface area contributed by atoms with E-state index >= 15 is 0 Å². The van der Waals surface area contributed by atoms with Crippen LogP contribution in [0.3, 0.4) is 0 Å². The second-order valence-corrected chi connectivity index (χ2v) is 11.3. The van der Waals surface area contributed by atoms with E-state index in [-0.39, 0.29) is 30.8 Å². The molecule has 0 bridgehead atoms. The molecule has 5 rings (SSSR count). The number of allylic oxidation sites excluding steroid dienone is 1. The predicted octanol–water partition coefficient (Wildman–Crippen LogP) is 0.842. The van der Waals surface area contributed by atoms with E-state index in [1.807, 2.05) is 6.92 Å². The molecule has 0 aromatic rings. The van der Waals surface area contributed by atoms with Crippen molar-refractivity contribution >= 4 is 29.4 Å². The molecule has 0 aromatic carbocycles. The Balaban J connectivity index is 1.78. The van der Waals surface area contributed by atoms with E-state index in [2.05, 4.69) is 5.32 Å². The summed E-state index contributed by atoms with van der Waals surface area (Å²) in [5.74, 6) is -5.11. The zero-order valence-corrected chi connectivity index (χ0v) is 21.2. The Morgan fingerprint density at radius 3 is 2.58 bits per heavy atom. The number of methoxy groups -OCH3 is 1. The van der Waals surface area contributed by atoms with Crippen LogP contribution in [0.5, 0.6) is 0 Å². The molecule has 2 N–H and O–H groups in total. The molecular weight excluding hydrogens is 470 g/mol. The zero-order valence-electron chi connectivity index (χ0n) is 21.2. The van der Waals surface area contributed by atoms with Gasteiger partial charge in [-0.3, -0.25) is 24.0 Å². The summed E-state index contributed by atoms with van der Waals surface area (Å²) in [6.45, 7) is 6.93. The minimum atomic E-state index is -1.99. The Hall–Kier alpha value is -2.59. The summed E-state index contributed by atoms with van der Waals surface area (Å²) in [5.41, 5.74) is -3.71. The standard InChI is InChI=1S/C26H33NO9/c1-6-11(2)21(31)35-13-9-24(3)12(7-8-14(24)28)16-17(13)25(4)15(10-34-5)36-22(32)18-20(30)27-23(33)26(18,25)19(16)29/h11-13,15,18,20,30H,6-10H2,1-5H3,(H,27,33)/t11-,12-,13+,15+,18-,20-,24-,25+,26-/m0/s1. The number of esters is 2. The van der Waals surface area contributed by atoms with Crippen molar-refractivity contribution in [2.75, 3.05) is 13.7 Å². The minimum Gasteiger partial charge on any atom is -0.459 e. The van der Waals surface area contributed by atoms with Gasteiger partial charge in [-0.15, -0.1) is 0 Å². The Morgan fingerprint density at radius 1 is 1.25 bits per heavy atom. The summed E-state index contributed by atoms with van der Waals surface area (Å²) in [5, 5.41) is 13.1. The number of fused-ring (bicyclic) bond motifs is 3. The average Bonchev–Trinajstić information content (AvgIpc) is 3.35. The van der Waals surface area contributed by atoms with Gasteiger partial charge < -0.3 is 24.6 Å². The van der Waals surface area contributed by atoms with E-state index in [0.717, 1.165) is 0 Å². The number of hydrogen-bond acceptors (Lipinski definition) is 9. The monoisotopic (exact) mass is 503 g/mol. The highest BCUT2D eigenvalue weighted by Gasteiger charge is 2.82. The van der Waals surface area contributed by atoms with E-state index in [4.69, 9.17) is 14.2 Å². The normalized spacial score (nSPS) is 43.9. The lowest BCUT2D eigenvalue weighted by Crippen LogP contribution is -2.65.